The minimum Gasteiger partial charge on any atom is -0.379 e. The predicted octanol–water partition coefficient (Wildman–Crippen LogP) is 2.06. The molecule has 0 spiro atoms. The van der Waals surface area contributed by atoms with Crippen LogP contribution in [0.5, 0.6) is 0 Å². The number of amides is 1. The van der Waals surface area contributed by atoms with Crippen molar-refractivity contribution in [1.29, 1.82) is 0 Å². The van der Waals surface area contributed by atoms with Gasteiger partial charge < -0.3 is 14.6 Å². The van der Waals surface area contributed by atoms with Gasteiger partial charge in [0.2, 0.25) is 15.9 Å². The van der Waals surface area contributed by atoms with Crippen molar-refractivity contribution in [2.75, 3.05) is 32.8 Å². The normalized spacial score (nSPS) is 15.3. The third-order valence-electron chi connectivity index (χ3n) is 5.30. The Hall–Kier alpha value is -2.75. The van der Waals surface area contributed by atoms with Crippen LogP contribution in [0.1, 0.15) is 16.8 Å². The number of carbonyl (C=O) groups is 1. The van der Waals surface area contributed by atoms with E-state index in [1.165, 1.54) is 4.31 Å². The van der Waals surface area contributed by atoms with E-state index in [0.29, 0.717) is 50.5 Å². The average Bonchev–Trinajstić information content (AvgIpc) is 3.16. The van der Waals surface area contributed by atoms with Gasteiger partial charge in [-0.25, -0.2) is 8.42 Å². The van der Waals surface area contributed by atoms with Gasteiger partial charge in [0.1, 0.15) is 5.69 Å². The van der Waals surface area contributed by atoms with Gasteiger partial charge in [-0.05, 0) is 43.2 Å². The molecule has 1 aliphatic heterocycles. The second-order valence-corrected chi connectivity index (χ2v) is 9.50. The number of aryl methyl sites for hydroxylation is 1. The molecule has 8 nitrogen and oxygen atoms in total. The molecule has 1 aromatic heterocycles. The van der Waals surface area contributed by atoms with E-state index in [2.05, 4.69) is 10.5 Å². The number of benzene rings is 2. The minimum atomic E-state index is -3.50. The average molecular weight is 444 g/mol. The molecule has 0 saturated carbocycles. The number of morpholine rings is 1. The first-order valence-electron chi connectivity index (χ1n) is 10.2. The lowest BCUT2D eigenvalue weighted by Crippen LogP contribution is -2.40. The zero-order valence-electron chi connectivity index (χ0n) is 17.3. The summed E-state index contributed by atoms with van der Waals surface area (Å²) >= 11 is 0. The van der Waals surface area contributed by atoms with Crippen molar-refractivity contribution in [3.05, 3.63) is 59.3 Å². The maximum atomic E-state index is 12.7. The summed E-state index contributed by atoms with van der Waals surface area (Å²) in [5.74, 6) is -0.136. The molecule has 0 radical (unpaired) electrons. The van der Waals surface area contributed by atoms with Crippen LogP contribution in [0.15, 0.2) is 51.9 Å². The molecular weight excluding hydrogens is 418 g/mol. The Morgan fingerprint density at radius 1 is 1.13 bits per heavy atom. The van der Waals surface area contributed by atoms with Crippen LogP contribution in [-0.2, 0) is 32.4 Å². The molecule has 0 bridgehead atoms. The number of nitrogens with one attached hydrogen (secondary N) is 1. The van der Waals surface area contributed by atoms with E-state index in [0.717, 1.165) is 16.5 Å². The van der Waals surface area contributed by atoms with E-state index in [1.54, 1.807) is 24.3 Å². The van der Waals surface area contributed by atoms with Crippen LogP contribution >= 0.6 is 0 Å². The molecule has 1 N–H and O–H groups in total. The first kappa shape index (κ1) is 21.5. The number of aromatic nitrogens is 1. The monoisotopic (exact) mass is 443 g/mol. The fourth-order valence-electron chi connectivity index (χ4n) is 3.55. The minimum absolute atomic E-state index is 0.136. The molecule has 1 aliphatic rings. The van der Waals surface area contributed by atoms with E-state index in [9.17, 15) is 13.2 Å². The van der Waals surface area contributed by atoms with Crippen LogP contribution < -0.4 is 5.32 Å². The van der Waals surface area contributed by atoms with Gasteiger partial charge in [0, 0.05) is 25.0 Å². The molecule has 1 fully saturated rings. The van der Waals surface area contributed by atoms with Crippen LogP contribution in [0.2, 0.25) is 0 Å². The van der Waals surface area contributed by atoms with Crippen molar-refractivity contribution in [2.24, 2.45) is 0 Å². The fraction of sp³-hybridized carbons (Fsp3) is 0.364. The lowest BCUT2D eigenvalue weighted by molar-refractivity contribution is -0.120. The molecule has 0 atom stereocenters. The number of ether oxygens (including phenoxy) is 1. The predicted molar refractivity (Wildman–Crippen MR) is 115 cm³/mol. The van der Waals surface area contributed by atoms with Crippen molar-refractivity contribution in [1.82, 2.24) is 14.8 Å². The molecule has 3 aromatic rings. The second-order valence-electron chi connectivity index (χ2n) is 7.57. The fourth-order valence-corrected chi connectivity index (χ4v) is 4.96. The van der Waals surface area contributed by atoms with Crippen LogP contribution in [0.3, 0.4) is 0 Å². The van der Waals surface area contributed by atoms with Crippen LogP contribution in [0.4, 0.5) is 0 Å². The number of sulfonamides is 1. The molecule has 164 valence electrons. The smallest absolute Gasteiger partial charge is 0.243 e. The highest BCUT2D eigenvalue weighted by atomic mass is 32.2. The quantitative estimate of drug-likeness (QED) is 0.600. The first-order chi connectivity index (χ1) is 14.9. The summed E-state index contributed by atoms with van der Waals surface area (Å²) in [5.41, 5.74) is 3.31. The maximum Gasteiger partial charge on any atom is 0.243 e. The Morgan fingerprint density at radius 3 is 2.61 bits per heavy atom. The SMILES string of the molecule is Cc1ccc2onc(CC(=O)NCCc3ccc(S(=O)(=O)N4CCOCC4)cc3)c2c1. The van der Waals surface area contributed by atoms with Gasteiger partial charge in [-0.15, -0.1) is 0 Å². The van der Waals surface area contributed by atoms with Crippen molar-refractivity contribution < 1.29 is 22.5 Å². The molecule has 9 heteroatoms. The lowest BCUT2D eigenvalue weighted by Gasteiger charge is -2.26. The third kappa shape index (κ3) is 4.95. The molecule has 2 aromatic carbocycles. The summed E-state index contributed by atoms with van der Waals surface area (Å²) in [4.78, 5) is 12.6. The molecule has 1 amide bonds. The molecule has 1 saturated heterocycles. The van der Waals surface area contributed by atoms with E-state index >= 15 is 0 Å². The van der Waals surface area contributed by atoms with Gasteiger partial charge in [0.05, 0.1) is 24.5 Å². The topological polar surface area (TPSA) is 102 Å². The van der Waals surface area contributed by atoms with Gasteiger partial charge in [-0.1, -0.05) is 28.9 Å². The molecule has 2 heterocycles. The van der Waals surface area contributed by atoms with Crippen molar-refractivity contribution >= 4 is 26.9 Å². The Balaban J connectivity index is 1.30. The highest BCUT2D eigenvalue weighted by Gasteiger charge is 2.26. The number of hydrogen-bond donors (Lipinski definition) is 1. The van der Waals surface area contributed by atoms with Gasteiger partial charge in [0.15, 0.2) is 5.58 Å². The number of hydrogen-bond acceptors (Lipinski definition) is 6. The zero-order chi connectivity index (χ0) is 21.8. The van der Waals surface area contributed by atoms with Crippen molar-refractivity contribution in [3.8, 4) is 0 Å². The second kappa shape index (κ2) is 9.17. The Labute approximate surface area is 181 Å². The lowest BCUT2D eigenvalue weighted by atomic mass is 10.1. The molecule has 0 unspecified atom stereocenters. The molecule has 4 rings (SSSR count). The number of rotatable bonds is 7. The van der Waals surface area contributed by atoms with Gasteiger partial charge in [-0.3, -0.25) is 4.79 Å². The standard InChI is InChI=1S/C22H25N3O5S/c1-16-2-7-21-19(14-16)20(24-30-21)15-22(26)23-9-8-17-3-5-18(6-4-17)31(27,28)25-10-12-29-13-11-25/h2-7,14H,8-13,15H2,1H3,(H,23,26). The summed E-state index contributed by atoms with van der Waals surface area (Å²) in [5, 5.41) is 7.75. The van der Waals surface area contributed by atoms with E-state index in [-0.39, 0.29) is 17.2 Å². The Kier molecular flexibility index (Phi) is 6.35. The highest BCUT2D eigenvalue weighted by molar-refractivity contribution is 7.89. The molecular formula is C22H25N3O5S. The van der Waals surface area contributed by atoms with Crippen molar-refractivity contribution in [3.63, 3.8) is 0 Å². The Bertz CT molecular complexity index is 1170. The number of carbonyl (C=O) groups excluding carboxylic acids is 1. The number of fused-ring (bicyclic) bond motifs is 1. The Morgan fingerprint density at radius 2 is 1.87 bits per heavy atom. The van der Waals surface area contributed by atoms with Crippen LogP contribution in [0.25, 0.3) is 11.0 Å². The largest absolute Gasteiger partial charge is 0.379 e. The van der Waals surface area contributed by atoms with Crippen molar-refractivity contribution in [2.45, 2.75) is 24.7 Å². The van der Waals surface area contributed by atoms with Gasteiger partial charge in [-0.2, -0.15) is 4.31 Å². The summed E-state index contributed by atoms with van der Waals surface area (Å²) in [6.07, 6.45) is 0.746. The summed E-state index contributed by atoms with van der Waals surface area (Å²) in [6.45, 7) is 4.01. The van der Waals surface area contributed by atoms with Gasteiger partial charge >= 0.3 is 0 Å². The van der Waals surface area contributed by atoms with Crippen LogP contribution in [-0.4, -0.2) is 56.6 Å². The van der Waals surface area contributed by atoms with E-state index < -0.39 is 10.0 Å². The van der Waals surface area contributed by atoms with E-state index in [4.69, 9.17) is 9.26 Å². The molecule has 31 heavy (non-hydrogen) atoms. The highest BCUT2D eigenvalue weighted by Crippen LogP contribution is 2.20. The summed E-state index contributed by atoms with van der Waals surface area (Å²) < 4.78 is 37.3. The third-order valence-corrected chi connectivity index (χ3v) is 7.21. The van der Waals surface area contributed by atoms with E-state index in [1.807, 2.05) is 25.1 Å². The van der Waals surface area contributed by atoms with Gasteiger partial charge in [0.25, 0.3) is 0 Å². The molecule has 0 aliphatic carbocycles. The summed E-state index contributed by atoms with van der Waals surface area (Å²) in [6, 6.07) is 12.6. The summed E-state index contributed by atoms with van der Waals surface area (Å²) in [7, 11) is -3.50. The first-order valence-corrected chi connectivity index (χ1v) is 11.7. The maximum absolute atomic E-state index is 12.7. The number of nitrogens with zero attached hydrogens (tertiary/aromatic N) is 2. The van der Waals surface area contributed by atoms with Crippen LogP contribution in [0, 0.1) is 6.92 Å². The zero-order valence-corrected chi connectivity index (χ0v) is 18.2.